The number of rotatable bonds is 2. The number of fused-ring (bicyclic) bond motifs is 2. The molecular formula is C16H12O7S. The van der Waals surface area contributed by atoms with Crippen molar-refractivity contribution in [3.05, 3.63) is 52.1 Å². The number of benzene rings is 2. The molecule has 0 amide bonds. The van der Waals surface area contributed by atoms with Crippen molar-refractivity contribution in [2.24, 2.45) is 0 Å². The average molecular weight is 348 g/mol. The van der Waals surface area contributed by atoms with Crippen LogP contribution in [0.3, 0.4) is 0 Å². The zero-order valence-electron chi connectivity index (χ0n) is 12.7. The predicted octanol–water partition coefficient (Wildman–Crippen LogP) is 1.52. The topological polar surface area (TPSA) is 118 Å². The molecule has 0 fully saturated rings. The highest BCUT2D eigenvalue weighted by Crippen LogP contribution is 2.39. The third kappa shape index (κ3) is 2.50. The summed E-state index contributed by atoms with van der Waals surface area (Å²) in [5.41, 5.74) is -0.113. The van der Waals surface area contributed by atoms with Crippen molar-refractivity contribution in [2.75, 3.05) is 6.26 Å². The Bertz CT molecular complexity index is 1020. The van der Waals surface area contributed by atoms with Crippen LogP contribution in [0.1, 0.15) is 37.4 Å². The van der Waals surface area contributed by atoms with E-state index in [2.05, 4.69) is 4.18 Å². The molecule has 7 nitrogen and oxygen atoms in total. The molecule has 2 N–H and O–H groups in total. The zero-order chi connectivity index (χ0) is 17.8. The van der Waals surface area contributed by atoms with Gasteiger partial charge in [-0.05, 0) is 30.7 Å². The molecule has 8 heteroatoms. The van der Waals surface area contributed by atoms with Crippen molar-refractivity contribution >= 4 is 21.7 Å². The molecule has 0 unspecified atom stereocenters. The fourth-order valence-electron chi connectivity index (χ4n) is 2.70. The Balaban J connectivity index is 2.27. The molecule has 0 spiro atoms. The molecular weight excluding hydrogens is 336 g/mol. The lowest BCUT2D eigenvalue weighted by molar-refractivity contribution is 0.0974. The van der Waals surface area contributed by atoms with Crippen molar-refractivity contribution in [2.45, 2.75) is 6.92 Å². The summed E-state index contributed by atoms with van der Waals surface area (Å²) < 4.78 is 27.1. The molecule has 0 saturated heterocycles. The molecule has 0 aromatic heterocycles. The van der Waals surface area contributed by atoms with Crippen LogP contribution < -0.4 is 4.18 Å². The molecule has 2 aromatic carbocycles. The minimum atomic E-state index is -3.87. The Morgan fingerprint density at radius 2 is 1.42 bits per heavy atom. The van der Waals surface area contributed by atoms with Crippen molar-refractivity contribution in [3.8, 4) is 17.2 Å². The second kappa shape index (κ2) is 5.07. The highest BCUT2D eigenvalue weighted by molar-refractivity contribution is 7.86. The SMILES string of the molecule is Cc1cc(O)c2c(c1)C(=O)c1cc(OS(C)(=O)=O)cc(O)c1C2=O. The van der Waals surface area contributed by atoms with Crippen LogP contribution in [0.25, 0.3) is 0 Å². The predicted molar refractivity (Wildman–Crippen MR) is 83.3 cm³/mol. The normalized spacial score (nSPS) is 13.4. The minimum absolute atomic E-state index is 0.0131. The minimum Gasteiger partial charge on any atom is -0.507 e. The number of aryl methyl sites for hydroxylation is 1. The van der Waals surface area contributed by atoms with Crippen molar-refractivity contribution in [1.82, 2.24) is 0 Å². The Kier molecular flexibility index (Phi) is 3.38. The van der Waals surface area contributed by atoms with Crippen LogP contribution in [-0.4, -0.2) is 36.5 Å². The summed E-state index contributed by atoms with van der Waals surface area (Å²) in [6.07, 6.45) is 0.813. The Labute approximate surface area is 137 Å². The first-order valence-corrected chi connectivity index (χ1v) is 8.59. The second-order valence-corrected chi connectivity index (χ2v) is 7.09. The van der Waals surface area contributed by atoms with E-state index in [1.165, 1.54) is 12.1 Å². The maximum absolute atomic E-state index is 12.6. The monoisotopic (exact) mass is 348 g/mol. The van der Waals surface area contributed by atoms with Crippen LogP contribution in [-0.2, 0) is 10.1 Å². The standard InChI is InChI=1S/C16H12O7S/c1-7-3-9-13(11(17)4-7)16(20)14-10(15(9)19)5-8(6-12(14)18)23-24(2,21)22/h3-6,17-18H,1-2H3. The number of hydrogen-bond donors (Lipinski definition) is 2. The largest absolute Gasteiger partial charge is 0.507 e. The van der Waals surface area contributed by atoms with Crippen molar-refractivity contribution in [3.63, 3.8) is 0 Å². The van der Waals surface area contributed by atoms with E-state index < -0.39 is 27.4 Å². The second-order valence-electron chi connectivity index (χ2n) is 5.52. The smallest absolute Gasteiger partial charge is 0.306 e. The number of ketones is 2. The van der Waals surface area contributed by atoms with Gasteiger partial charge < -0.3 is 14.4 Å². The quantitative estimate of drug-likeness (QED) is 0.674. The fourth-order valence-corrected chi connectivity index (χ4v) is 3.14. The average Bonchev–Trinajstić information content (AvgIpc) is 2.41. The number of hydrogen-bond acceptors (Lipinski definition) is 7. The third-order valence-corrected chi connectivity index (χ3v) is 4.04. The first kappa shape index (κ1) is 16.0. The van der Waals surface area contributed by atoms with Gasteiger partial charge in [0.05, 0.1) is 17.4 Å². The molecule has 0 aliphatic heterocycles. The Morgan fingerprint density at radius 3 is 2.00 bits per heavy atom. The summed E-state index contributed by atoms with van der Waals surface area (Å²) in [6.45, 7) is 1.65. The van der Waals surface area contributed by atoms with Gasteiger partial charge in [0.1, 0.15) is 17.2 Å². The third-order valence-electron chi connectivity index (χ3n) is 3.54. The van der Waals surface area contributed by atoms with Gasteiger partial charge >= 0.3 is 10.1 Å². The lowest BCUT2D eigenvalue weighted by Gasteiger charge is -2.20. The number of carbonyl (C=O) groups excluding carboxylic acids is 2. The Hall–Kier alpha value is -2.87. The van der Waals surface area contributed by atoms with E-state index in [0.29, 0.717) is 5.56 Å². The summed E-state index contributed by atoms with van der Waals surface area (Å²) >= 11 is 0. The van der Waals surface area contributed by atoms with E-state index in [4.69, 9.17) is 0 Å². The van der Waals surface area contributed by atoms with Crippen molar-refractivity contribution in [1.29, 1.82) is 0 Å². The van der Waals surface area contributed by atoms with Crippen LogP contribution in [0.2, 0.25) is 0 Å². The van der Waals surface area contributed by atoms with Crippen LogP contribution in [0, 0.1) is 6.92 Å². The number of carbonyl (C=O) groups is 2. The van der Waals surface area contributed by atoms with Gasteiger partial charge in [0.2, 0.25) is 5.78 Å². The highest BCUT2D eigenvalue weighted by atomic mass is 32.2. The molecule has 0 heterocycles. The van der Waals surface area contributed by atoms with Gasteiger partial charge in [-0.25, -0.2) is 0 Å². The number of phenolic OH excluding ortho intramolecular Hbond substituents is 2. The molecule has 0 radical (unpaired) electrons. The lowest BCUT2D eigenvalue weighted by atomic mass is 9.82. The van der Waals surface area contributed by atoms with Crippen LogP contribution in [0.5, 0.6) is 17.2 Å². The molecule has 2 aromatic rings. The zero-order valence-corrected chi connectivity index (χ0v) is 13.5. The van der Waals surface area contributed by atoms with Gasteiger partial charge in [-0.1, -0.05) is 0 Å². The number of phenols is 2. The van der Waals surface area contributed by atoms with Gasteiger partial charge in [-0.3, -0.25) is 9.59 Å². The van der Waals surface area contributed by atoms with E-state index in [1.807, 2.05) is 0 Å². The summed E-state index contributed by atoms with van der Waals surface area (Å²) in [5, 5.41) is 20.1. The fraction of sp³-hybridized carbons (Fsp3) is 0.125. The molecule has 0 bridgehead atoms. The molecule has 3 rings (SSSR count). The van der Waals surface area contributed by atoms with Crippen LogP contribution >= 0.6 is 0 Å². The maximum atomic E-state index is 12.6. The summed E-state index contributed by atoms with van der Waals surface area (Å²) in [6, 6.07) is 4.80. The van der Waals surface area contributed by atoms with Gasteiger partial charge in [0.15, 0.2) is 5.78 Å². The molecule has 1 aliphatic rings. The van der Waals surface area contributed by atoms with E-state index in [1.54, 1.807) is 6.92 Å². The number of aromatic hydroxyl groups is 2. The van der Waals surface area contributed by atoms with Crippen molar-refractivity contribution < 1.29 is 32.4 Å². The summed E-state index contributed by atoms with van der Waals surface area (Å²) in [5.74, 6) is -2.58. The summed E-state index contributed by atoms with van der Waals surface area (Å²) in [4.78, 5) is 25.2. The molecule has 0 saturated carbocycles. The van der Waals surface area contributed by atoms with Crippen LogP contribution in [0.15, 0.2) is 24.3 Å². The molecule has 24 heavy (non-hydrogen) atoms. The van der Waals surface area contributed by atoms with Gasteiger partial charge in [-0.15, -0.1) is 0 Å². The maximum Gasteiger partial charge on any atom is 0.306 e. The summed E-state index contributed by atoms with van der Waals surface area (Å²) in [7, 11) is -3.87. The van der Waals surface area contributed by atoms with E-state index in [-0.39, 0.29) is 33.8 Å². The first-order valence-electron chi connectivity index (χ1n) is 6.78. The van der Waals surface area contributed by atoms with Gasteiger partial charge in [-0.2, -0.15) is 8.42 Å². The van der Waals surface area contributed by atoms with E-state index in [0.717, 1.165) is 18.4 Å². The first-order chi connectivity index (χ1) is 11.1. The molecule has 0 atom stereocenters. The van der Waals surface area contributed by atoms with Gasteiger partial charge in [0.25, 0.3) is 0 Å². The lowest BCUT2D eigenvalue weighted by Crippen LogP contribution is -2.22. The van der Waals surface area contributed by atoms with E-state index in [9.17, 15) is 28.2 Å². The molecule has 1 aliphatic carbocycles. The Morgan fingerprint density at radius 1 is 0.875 bits per heavy atom. The highest BCUT2D eigenvalue weighted by Gasteiger charge is 2.35. The van der Waals surface area contributed by atoms with Gasteiger partial charge in [0, 0.05) is 17.2 Å². The van der Waals surface area contributed by atoms with Crippen LogP contribution in [0.4, 0.5) is 0 Å². The molecule has 124 valence electrons. The van der Waals surface area contributed by atoms with E-state index >= 15 is 0 Å².